The summed E-state index contributed by atoms with van der Waals surface area (Å²) in [6.45, 7) is 0. The van der Waals surface area contributed by atoms with Gasteiger partial charge in [0, 0.05) is 12.3 Å². The summed E-state index contributed by atoms with van der Waals surface area (Å²) in [5.41, 5.74) is 5.31. The van der Waals surface area contributed by atoms with Crippen LogP contribution >= 0.6 is 12.4 Å². The summed E-state index contributed by atoms with van der Waals surface area (Å²) < 4.78 is 24.5. The van der Waals surface area contributed by atoms with Crippen LogP contribution < -0.4 is 10.5 Å². The summed E-state index contributed by atoms with van der Waals surface area (Å²) in [6.07, 6.45) is 1.35. The number of nitrogen functional groups attached to an aromatic ring is 1. The molecule has 1 heterocycles. The van der Waals surface area contributed by atoms with E-state index in [1.54, 1.807) is 0 Å². The zero-order valence-corrected chi connectivity index (χ0v) is 8.52. The lowest BCUT2D eigenvalue weighted by molar-refractivity contribution is 0.588. The number of nitrogens with one attached hydrogen (secondary N) is 1. The zero-order chi connectivity index (χ0) is 9.19. The van der Waals surface area contributed by atoms with E-state index in [2.05, 4.69) is 9.71 Å². The molecule has 5 nitrogen and oxygen atoms in total. The molecular formula is C6H10ClN3O2S. The molecule has 3 N–H and O–H groups in total. The Kier molecular flexibility index (Phi) is 4.12. The zero-order valence-electron chi connectivity index (χ0n) is 6.89. The maximum Gasteiger partial charge on any atom is 0.240 e. The molecule has 1 aromatic rings. The largest absolute Gasteiger partial charge is 0.384 e. The lowest BCUT2D eigenvalue weighted by atomic mass is 10.5. The van der Waals surface area contributed by atoms with Crippen molar-refractivity contribution in [3.63, 3.8) is 0 Å². The van der Waals surface area contributed by atoms with Gasteiger partial charge in [0.2, 0.25) is 10.0 Å². The first-order valence-corrected chi connectivity index (χ1v) is 4.69. The molecule has 0 aromatic carbocycles. The first-order chi connectivity index (χ1) is 5.56. The van der Waals surface area contributed by atoms with Gasteiger partial charge in [0.1, 0.15) is 5.82 Å². The monoisotopic (exact) mass is 223 g/mol. The number of hydrogen-bond donors (Lipinski definition) is 2. The summed E-state index contributed by atoms with van der Waals surface area (Å²) in [5, 5.41) is 0. The maximum atomic E-state index is 11.2. The van der Waals surface area contributed by atoms with Gasteiger partial charge in [-0.15, -0.1) is 12.4 Å². The molecule has 0 aliphatic carbocycles. The number of nitrogens with zero attached hydrogens (tertiary/aromatic N) is 1. The second-order valence-electron chi connectivity index (χ2n) is 2.12. The number of rotatable bonds is 2. The summed E-state index contributed by atoms with van der Waals surface area (Å²) >= 11 is 0. The Morgan fingerprint density at radius 2 is 2.15 bits per heavy atom. The summed E-state index contributed by atoms with van der Waals surface area (Å²) in [5.74, 6) is 0.186. The van der Waals surface area contributed by atoms with Crippen LogP contribution in [-0.2, 0) is 10.0 Å². The first-order valence-electron chi connectivity index (χ1n) is 3.21. The lowest BCUT2D eigenvalue weighted by Crippen LogP contribution is -2.18. The molecular weight excluding hydrogens is 214 g/mol. The highest BCUT2D eigenvalue weighted by molar-refractivity contribution is 7.89. The van der Waals surface area contributed by atoms with Crippen LogP contribution in [0.15, 0.2) is 23.2 Å². The van der Waals surface area contributed by atoms with Crippen molar-refractivity contribution in [1.29, 1.82) is 0 Å². The van der Waals surface area contributed by atoms with Crippen molar-refractivity contribution >= 4 is 28.2 Å². The van der Waals surface area contributed by atoms with Crippen LogP contribution in [0, 0.1) is 0 Å². The van der Waals surface area contributed by atoms with Gasteiger partial charge in [-0.1, -0.05) is 0 Å². The van der Waals surface area contributed by atoms with E-state index in [4.69, 9.17) is 5.73 Å². The lowest BCUT2D eigenvalue weighted by Gasteiger charge is -2.01. The van der Waals surface area contributed by atoms with Gasteiger partial charge < -0.3 is 5.73 Å². The molecule has 1 aromatic heterocycles. The second kappa shape index (κ2) is 4.40. The van der Waals surface area contributed by atoms with Gasteiger partial charge in [0.25, 0.3) is 0 Å². The third-order valence-corrected chi connectivity index (χ3v) is 2.74. The van der Waals surface area contributed by atoms with Crippen LogP contribution in [-0.4, -0.2) is 20.4 Å². The SMILES string of the molecule is CNS(=O)(=O)c1ccnc(N)c1.Cl. The third-order valence-electron chi connectivity index (χ3n) is 1.33. The molecule has 0 aliphatic heterocycles. The molecule has 74 valence electrons. The smallest absolute Gasteiger partial charge is 0.240 e. The highest BCUT2D eigenvalue weighted by atomic mass is 35.5. The Morgan fingerprint density at radius 1 is 1.54 bits per heavy atom. The number of nitrogens with two attached hydrogens (primary N) is 1. The molecule has 0 aliphatic rings. The van der Waals surface area contributed by atoms with Gasteiger partial charge in [0.05, 0.1) is 4.90 Å². The van der Waals surface area contributed by atoms with E-state index in [9.17, 15) is 8.42 Å². The molecule has 0 spiro atoms. The normalized spacial score (nSPS) is 10.5. The number of aromatic nitrogens is 1. The van der Waals surface area contributed by atoms with E-state index in [1.165, 1.54) is 25.4 Å². The molecule has 0 atom stereocenters. The van der Waals surface area contributed by atoms with Gasteiger partial charge in [-0.05, 0) is 13.1 Å². The highest BCUT2D eigenvalue weighted by Crippen LogP contribution is 2.08. The van der Waals surface area contributed by atoms with Crippen molar-refractivity contribution in [3.8, 4) is 0 Å². The first kappa shape index (κ1) is 12.2. The van der Waals surface area contributed by atoms with Gasteiger partial charge in [0.15, 0.2) is 0 Å². The fraction of sp³-hybridized carbons (Fsp3) is 0.167. The number of anilines is 1. The predicted molar refractivity (Wildman–Crippen MR) is 52.1 cm³/mol. The average molecular weight is 224 g/mol. The molecule has 7 heteroatoms. The van der Waals surface area contributed by atoms with Crippen LogP contribution in [0.3, 0.4) is 0 Å². The van der Waals surface area contributed by atoms with Gasteiger partial charge >= 0.3 is 0 Å². The van der Waals surface area contributed by atoms with Crippen molar-refractivity contribution in [2.75, 3.05) is 12.8 Å². The number of pyridine rings is 1. The Labute approximate surface area is 82.8 Å². The van der Waals surface area contributed by atoms with Crippen LogP contribution in [0.2, 0.25) is 0 Å². The fourth-order valence-corrected chi connectivity index (χ4v) is 1.46. The van der Waals surface area contributed by atoms with E-state index in [0.29, 0.717) is 0 Å². The molecule has 0 amide bonds. The van der Waals surface area contributed by atoms with Crippen molar-refractivity contribution < 1.29 is 8.42 Å². The van der Waals surface area contributed by atoms with Gasteiger partial charge in [-0.25, -0.2) is 18.1 Å². The topological polar surface area (TPSA) is 85.1 Å². The molecule has 0 radical (unpaired) electrons. The van der Waals surface area contributed by atoms with E-state index in [0.717, 1.165) is 0 Å². The van der Waals surface area contributed by atoms with Crippen LogP contribution in [0.25, 0.3) is 0 Å². The maximum absolute atomic E-state index is 11.2. The minimum Gasteiger partial charge on any atom is -0.384 e. The molecule has 0 saturated heterocycles. The number of hydrogen-bond acceptors (Lipinski definition) is 4. The molecule has 1 rings (SSSR count). The van der Waals surface area contributed by atoms with E-state index in [1.807, 2.05) is 0 Å². The van der Waals surface area contributed by atoms with Gasteiger partial charge in [-0.2, -0.15) is 0 Å². The fourth-order valence-electron chi connectivity index (χ4n) is 0.713. The van der Waals surface area contributed by atoms with E-state index >= 15 is 0 Å². The molecule has 0 saturated carbocycles. The number of sulfonamides is 1. The molecule has 0 bridgehead atoms. The van der Waals surface area contributed by atoms with E-state index in [-0.39, 0.29) is 23.1 Å². The van der Waals surface area contributed by atoms with Crippen molar-refractivity contribution in [3.05, 3.63) is 18.3 Å². The molecule has 0 fully saturated rings. The van der Waals surface area contributed by atoms with Crippen LogP contribution in [0.5, 0.6) is 0 Å². The highest BCUT2D eigenvalue weighted by Gasteiger charge is 2.10. The number of halogens is 1. The Bertz CT molecular complexity index is 379. The second-order valence-corrected chi connectivity index (χ2v) is 4.01. The summed E-state index contributed by atoms with van der Waals surface area (Å²) in [7, 11) is -2.05. The van der Waals surface area contributed by atoms with Gasteiger partial charge in [-0.3, -0.25) is 0 Å². The van der Waals surface area contributed by atoms with E-state index < -0.39 is 10.0 Å². The standard InChI is InChI=1S/C6H9N3O2S.ClH/c1-8-12(10,11)5-2-3-9-6(7)4-5;/h2-4,8H,1H3,(H2,7,9);1H. The predicted octanol–water partition coefficient (Wildman–Crippen LogP) is -0.00630. The molecule has 13 heavy (non-hydrogen) atoms. The summed E-state index contributed by atoms with van der Waals surface area (Å²) in [4.78, 5) is 3.80. The Balaban J connectivity index is 0.00000144. The Morgan fingerprint density at radius 3 is 2.62 bits per heavy atom. The third kappa shape index (κ3) is 2.83. The quantitative estimate of drug-likeness (QED) is 0.739. The van der Waals surface area contributed by atoms with Crippen molar-refractivity contribution in [1.82, 2.24) is 9.71 Å². The minimum absolute atomic E-state index is 0. The van der Waals surface area contributed by atoms with Crippen molar-refractivity contribution in [2.45, 2.75) is 4.90 Å². The minimum atomic E-state index is -3.39. The van der Waals surface area contributed by atoms with Crippen molar-refractivity contribution in [2.24, 2.45) is 0 Å². The molecule has 0 unspecified atom stereocenters. The summed E-state index contributed by atoms with van der Waals surface area (Å²) in [6, 6.07) is 2.67. The Hall–Kier alpha value is -0.850. The van der Waals surface area contributed by atoms with Crippen LogP contribution in [0.4, 0.5) is 5.82 Å². The van der Waals surface area contributed by atoms with Crippen LogP contribution in [0.1, 0.15) is 0 Å². The average Bonchev–Trinajstić information content (AvgIpc) is 2.05.